The van der Waals surface area contributed by atoms with E-state index in [0.29, 0.717) is 35.1 Å². The summed E-state index contributed by atoms with van der Waals surface area (Å²) in [6.45, 7) is 2.94. The van der Waals surface area contributed by atoms with Crippen LogP contribution in [0.5, 0.6) is 11.5 Å². The molecule has 5 rings (SSSR count). The predicted octanol–water partition coefficient (Wildman–Crippen LogP) is 3.68. The number of nitrogens with one attached hydrogen (secondary N) is 1. The van der Waals surface area contributed by atoms with E-state index >= 15 is 0 Å². The Morgan fingerprint density at radius 2 is 2.11 bits per heavy atom. The first kappa shape index (κ1) is 18.6. The van der Waals surface area contributed by atoms with E-state index in [2.05, 4.69) is 27.0 Å². The second-order valence-corrected chi connectivity index (χ2v) is 8.22. The number of thiophene rings is 1. The molecular weight excluding hydrogens is 384 g/mol. The lowest BCUT2D eigenvalue weighted by Crippen LogP contribution is -2.39. The highest BCUT2D eigenvalue weighted by Crippen LogP contribution is 2.56. The molecular formula is C20H23ClN2O3S. The average Bonchev–Trinajstić information content (AvgIpc) is 3.08. The number of rotatable bonds is 4. The first-order valence-electron chi connectivity index (χ1n) is 9.18. The Kier molecular flexibility index (Phi) is 5.05. The summed E-state index contributed by atoms with van der Waals surface area (Å²) in [6, 6.07) is 8.01. The lowest BCUT2D eigenvalue weighted by Gasteiger charge is -2.30. The van der Waals surface area contributed by atoms with Crippen LogP contribution < -0.4 is 14.8 Å². The van der Waals surface area contributed by atoms with Crippen molar-refractivity contribution in [3.8, 4) is 11.5 Å². The van der Waals surface area contributed by atoms with Crippen LogP contribution in [0.4, 0.5) is 0 Å². The minimum atomic E-state index is 0. The van der Waals surface area contributed by atoms with E-state index in [4.69, 9.17) is 9.47 Å². The van der Waals surface area contributed by atoms with Crippen LogP contribution in [0.25, 0.3) is 0 Å². The first-order valence-corrected chi connectivity index (χ1v) is 10.1. The maximum Gasteiger partial charge on any atom is 0.258 e. The topological polar surface area (TPSA) is 50.8 Å². The minimum absolute atomic E-state index is 0. The maximum atomic E-state index is 13.5. The van der Waals surface area contributed by atoms with Gasteiger partial charge in [0, 0.05) is 12.6 Å². The van der Waals surface area contributed by atoms with E-state index in [0.717, 1.165) is 32.4 Å². The molecule has 1 aliphatic carbocycles. The molecule has 3 aliphatic rings. The zero-order valence-corrected chi connectivity index (χ0v) is 16.6. The molecule has 1 aromatic heterocycles. The third-order valence-electron chi connectivity index (χ3n) is 5.94. The van der Waals surface area contributed by atoms with Crippen LogP contribution in [0.2, 0.25) is 0 Å². The second kappa shape index (κ2) is 7.34. The third-order valence-corrected chi connectivity index (χ3v) is 6.68. The van der Waals surface area contributed by atoms with Crippen LogP contribution in [0.1, 0.15) is 35.2 Å². The molecule has 2 aromatic rings. The van der Waals surface area contributed by atoms with Crippen molar-refractivity contribution in [2.45, 2.75) is 31.8 Å². The van der Waals surface area contributed by atoms with Gasteiger partial charge >= 0.3 is 0 Å². The van der Waals surface area contributed by atoms with E-state index < -0.39 is 0 Å². The summed E-state index contributed by atoms with van der Waals surface area (Å²) < 4.78 is 11.1. The van der Waals surface area contributed by atoms with Gasteiger partial charge in [-0.1, -0.05) is 6.07 Å². The monoisotopic (exact) mass is 406 g/mol. The van der Waals surface area contributed by atoms with Gasteiger partial charge in [-0.15, -0.1) is 12.4 Å². The van der Waals surface area contributed by atoms with Crippen molar-refractivity contribution >= 4 is 29.7 Å². The zero-order chi connectivity index (χ0) is 17.6. The van der Waals surface area contributed by atoms with Gasteiger partial charge in [-0.2, -0.15) is 11.3 Å². The SMILES string of the molecule is Cl.O=C(c1cccc2c1OCO2)N(Cc1ccsc1)C1CC12CCNCC2. The summed E-state index contributed by atoms with van der Waals surface area (Å²) >= 11 is 1.68. The molecule has 1 atom stereocenters. The molecule has 27 heavy (non-hydrogen) atoms. The molecule has 1 saturated carbocycles. The number of halogens is 1. The van der Waals surface area contributed by atoms with Gasteiger partial charge in [-0.05, 0) is 72.3 Å². The standard InChI is InChI=1S/C20H22N2O3S.ClH/c23-19(15-2-1-3-16-18(15)25-13-24-16)22(11-14-4-9-26-12-14)17-10-20(17)5-7-21-8-6-20;/h1-4,9,12,17,21H,5-8,10-11,13H2;1H. The fourth-order valence-corrected chi connectivity index (χ4v) is 5.04. The lowest BCUT2D eigenvalue weighted by molar-refractivity contribution is 0.0688. The molecule has 5 nitrogen and oxygen atoms in total. The molecule has 144 valence electrons. The fourth-order valence-electron chi connectivity index (χ4n) is 4.39. The number of nitrogens with zero attached hydrogens (tertiary/aromatic N) is 1. The van der Waals surface area contributed by atoms with Crippen molar-refractivity contribution < 1.29 is 14.3 Å². The molecule has 1 aromatic carbocycles. The average molecular weight is 407 g/mol. The highest BCUT2D eigenvalue weighted by molar-refractivity contribution is 7.07. The maximum absolute atomic E-state index is 13.5. The molecule has 2 fully saturated rings. The van der Waals surface area contributed by atoms with Crippen LogP contribution >= 0.6 is 23.7 Å². The Hall–Kier alpha value is -1.76. The summed E-state index contributed by atoms with van der Waals surface area (Å²) in [7, 11) is 0. The van der Waals surface area contributed by atoms with Crippen LogP contribution in [-0.4, -0.2) is 36.7 Å². The molecule has 1 amide bonds. The molecule has 0 bridgehead atoms. The number of hydrogen-bond donors (Lipinski definition) is 1. The number of ether oxygens (including phenoxy) is 2. The zero-order valence-electron chi connectivity index (χ0n) is 15.0. The van der Waals surface area contributed by atoms with E-state index in [9.17, 15) is 4.79 Å². The Labute approximate surface area is 169 Å². The molecule has 2 aliphatic heterocycles. The van der Waals surface area contributed by atoms with Gasteiger partial charge in [0.2, 0.25) is 6.79 Å². The normalized spacial score (nSPS) is 21.6. The quantitative estimate of drug-likeness (QED) is 0.841. The Morgan fingerprint density at radius 1 is 1.26 bits per heavy atom. The fraction of sp³-hybridized carbons (Fsp3) is 0.450. The molecule has 1 N–H and O–H groups in total. The van der Waals surface area contributed by atoms with Gasteiger partial charge in [0.25, 0.3) is 5.91 Å². The first-order chi connectivity index (χ1) is 12.8. The van der Waals surface area contributed by atoms with Crippen molar-refractivity contribution in [2.24, 2.45) is 5.41 Å². The van der Waals surface area contributed by atoms with Crippen molar-refractivity contribution in [3.63, 3.8) is 0 Å². The number of piperidine rings is 1. The number of carbonyl (C=O) groups excluding carboxylic acids is 1. The van der Waals surface area contributed by atoms with E-state index in [1.165, 1.54) is 5.56 Å². The summed E-state index contributed by atoms with van der Waals surface area (Å²) in [5.41, 5.74) is 2.11. The number of hydrogen-bond acceptors (Lipinski definition) is 5. The van der Waals surface area contributed by atoms with Crippen molar-refractivity contribution in [1.29, 1.82) is 0 Å². The molecule has 1 spiro atoms. The number of benzene rings is 1. The Morgan fingerprint density at radius 3 is 2.89 bits per heavy atom. The van der Waals surface area contributed by atoms with Gasteiger partial charge in [-0.25, -0.2) is 0 Å². The molecule has 3 heterocycles. The number of para-hydroxylation sites is 1. The second-order valence-electron chi connectivity index (χ2n) is 7.44. The Bertz CT molecular complexity index is 821. The van der Waals surface area contributed by atoms with E-state index in [1.54, 1.807) is 11.3 Å². The third kappa shape index (κ3) is 3.30. The van der Waals surface area contributed by atoms with Gasteiger partial charge in [0.15, 0.2) is 11.5 Å². The number of carbonyl (C=O) groups is 1. The summed E-state index contributed by atoms with van der Waals surface area (Å²) in [6.07, 6.45) is 3.41. The number of amides is 1. The van der Waals surface area contributed by atoms with Crippen LogP contribution in [0, 0.1) is 5.41 Å². The van der Waals surface area contributed by atoms with Gasteiger partial charge in [0.1, 0.15) is 0 Å². The number of fused-ring (bicyclic) bond motifs is 1. The Balaban J connectivity index is 0.00000180. The summed E-state index contributed by atoms with van der Waals surface area (Å²) in [5.74, 6) is 1.31. The predicted molar refractivity (Wildman–Crippen MR) is 107 cm³/mol. The largest absolute Gasteiger partial charge is 0.454 e. The van der Waals surface area contributed by atoms with Gasteiger partial charge < -0.3 is 19.7 Å². The molecule has 0 radical (unpaired) electrons. The van der Waals surface area contributed by atoms with Crippen LogP contribution in [-0.2, 0) is 6.54 Å². The van der Waals surface area contributed by atoms with Crippen LogP contribution in [0.15, 0.2) is 35.0 Å². The molecule has 7 heteroatoms. The smallest absolute Gasteiger partial charge is 0.258 e. The minimum Gasteiger partial charge on any atom is -0.454 e. The van der Waals surface area contributed by atoms with Crippen molar-refractivity contribution in [2.75, 3.05) is 19.9 Å². The van der Waals surface area contributed by atoms with Gasteiger partial charge in [-0.3, -0.25) is 4.79 Å². The van der Waals surface area contributed by atoms with Crippen LogP contribution in [0.3, 0.4) is 0 Å². The highest BCUT2D eigenvalue weighted by atomic mass is 35.5. The molecule has 1 saturated heterocycles. The summed E-state index contributed by atoms with van der Waals surface area (Å²) in [4.78, 5) is 15.6. The lowest BCUT2D eigenvalue weighted by atomic mass is 9.93. The van der Waals surface area contributed by atoms with E-state index in [1.807, 2.05) is 18.2 Å². The molecule has 1 unspecified atom stereocenters. The summed E-state index contributed by atoms with van der Waals surface area (Å²) in [5, 5.41) is 7.65. The van der Waals surface area contributed by atoms with Crippen molar-refractivity contribution in [1.82, 2.24) is 10.2 Å². The van der Waals surface area contributed by atoms with Gasteiger partial charge in [0.05, 0.1) is 5.56 Å². The van der Waals surface area contributed by atoms with E-state index in [-0.39, 0.29) is 25.1 Å². The highest BCUT2D eigenvalue weighted by Gasteiger charge is 2.58. The van der Waals surface area contributed by atoms with Crippen molar-refractivity contribution in [3.05, 3.63) is 46.2 Å².